The minimum atomic E-state index is -0.906. The Morgan fingerprint density at radius 3 is 2.63 bits per heavy atom. The van der Waals surface area contributed by atoms with Crippen LogP contribution in [0.5, 0.6) is 0 Å². The van der Waals surface area contributed by atoms with Gasteiger partial charge in [0.1, 0.15) is 0 Å². The van der Waals surface area contributed by atoms with Gasteiger partial charge in [-0.1, -0.05) is 30.3 Å². The summed E-state index contributed by atoms with van der Waals surface area (Å²) in [6.07, 6.45) is 2.46. The first-order chi connectivity index (χ1) is 9.09. The molecule has 0 radical (unpaired) electrons. The van der Waals surface area contributed by atoms with E-state index in [0.717, 1.165) is 17.4 Å². The van der Waals surface area contributed by atoms with E-state index in [1.54, 1.807) is 6.08 Å². The highest BCUT2D eigenvalue weighted by Crippen LogP contribution is 2.64. The molecule has 0 bridgehead atoms. The lowest BCUT2D eigenvalue weighted by Gasteiger charge is -2.19. The van der Waals surface area contributed by atoms with Crippen molar-refractivity contribution in [2.24, 2.45) is 0 Å². The fraction of sp³-hybridized carbons (Fsp3) is 0.188. The van der Waals surface area contributed by atoms with E-state index in [1.165, 1.54) is 10.9 Å². The van der Waals surface area contributed by atoms with Crippen LogP contribution in [0.4, 0.5) is 0 Å². The number of halogens is 1. The molecule has 2 nitrogen and oxygen atoms in total. The normalized spacial score (nSPS) is 27.4. The van der Waals surface area contributed by atoms with Gasteiger partial charge < -0.3 is 5.11 Å². The summed E-state index contributed by atoms with van der Waals surface area (Å²) in [5.41, 5.74) is 2.51. The van der Waals surface area contributed by atoms with Crippen LogP contribution in [-0.4, -0.2) is 16.0 Å². The largest absolute Gasteiger partial charge is 0.478 e. The maximum Gasteiger partial charge on any atom is 0.333 e. The Morgan fingerprint density at radius 1 is 1.26 bits per heavy atom. The topological polar surface area (TPSA) is 37.3 Å². The zero-order valence-electron chi connectivity index (χ0n) is 10.1. The predicted molar refractivity (Wildman–Crippen MR) is 75.5 cm³/mol. The zero-order valence-corrected chi connectivity index (χ0v) is 10.8. The third kappa shape index (κ3) is 1.41. The molecule has 2 aromatic carbocycles. The van der Waals surface area contributed by atoms with Gasteiger partial charge in [0.25, 0.3) is 0 Å². The van der Waals surface area contributed by atoms with Gasteiger partial charge in [0.15, 0.2) is 0 Å². The van der Waals surface area contributed by atoms with E-state index in [0.29, 0.717) is 5.57 Å². The van der Waals surface area contributed by atoms with Crippen LogP contribution in [0.3, 0.4) is 0 Å². The number of carboxylic acid groups (broad SMARTS) is 1. The van der Waals surface area contributed by atoms with Crippen molar-refractivity contribution in [1.29, 1.82) is 0 Å². The molecule has 2 atom stereocenters. The molecule has 2 unspecified atom stereocenters. The highest BCUT2D eigenvalue weighted by atomic mass is 35.5. The summed E-state index contributed by atoms with van der Waals surface area (Å²) in [7, 11) is 0. The van der Waals surface area contributed by atoms with Crippen LogP contribution in [0.1, 0.15) is 23.5 Å². The second kappa shape index (κ2) is 3.40. The molecule has 3 heteroatoms. The van der Waals surface area contributed by atoms with Crippen molar-refractivity contribution in [3.63, 3.8) is 0 Å². The molecule has 0 amide bonds. The van der Waals surface area contributed by atoms with Gasteiger partial charge in [-0.15, -0.1) is 11.6 Å². The quantitative estimate of drug-likeness (QED) is 0.801. The van der Waals surface area contributed by atoms with Crippen LogP contribution in [0.2, 0.25) is 0 Å². The molecule has 0 saturated heterocycles. The van der Waals surface area contributed by atoms with E-state index >= 15 is 0 Å². The van der Waals surface area contributed by atoms with Gasteiger partial charge in [-0.05, 0) is 40.5 Å². The van der Waals surface area contributed by atoms with Gasteiger partial charge in [0, 0.05) is 5.92 Å². The van der Waals surface area contributed by atoms with E-state index in [9.17, 15) is 9.90 Å². The summed E-state index contributed by atoms with van der Waals surface area (Å²) in [5, 5.41) is 11.6. The molecule has 4 rings (SSSR count). The fourth-order valence-electron chi connectivity index (χ4n) is 3.11. The lowest BCUT2D eigenvalue weighted by molar-refractivity contribution is -0.132. The van der Waals surface area contributed by atoms with Crippen molar-refractivity contribution in [2.75, 3.05) is 0 Å². The summed E-state index contributed by atoms with van der Waals surface area (Å²) in [4.78, 5) is 10.6. The molecule has 2 aliphatic rings. The zero-order chi connectivity index (χ0) is 13.2. The highest BCUT2D eigenvalue weighted by molar-refractivity contribution is 6.33. The number of fused-ring (bicyclic) bond motifs is 4. The van der Waals surface area contributed by atoms with Gasteiger partial charge >= 0.3 is 5.97 Å². The molecule has 19 heavy (non-hydrogen) atoms. The van der Waals surface area contributed by atoms with Crippen molar-refractivity contribution in [3.8, 4) is 0 Å². The monoisotopic (exact) mass is 270 g/mol. The van der Waals surface area contributed by atoms with Gasteiger partial charge in [-0.3, -0.25) is 0 Å². The molecule has 0 aromatic heterocycles. The summed E-state index contributed by atoms with van der Waals surface area (Å²) in [6.45, 7) is 0. The highest BCUT2D eigenvalue weighted by Gasteiger charge is 2.60. The number of benzene rings is 2. The minimum absolute atomic E-state index is 0.143. The van der Waals surface area contributed by atoms with E-state index < -0.39 is 10.8 Å². The molecule has 0 spiro atoms. The van der Waals surface area contributed by atoms with Gasteiger partial charge in [0.05, 0.1) is 10.4 Å². The van der Waals surface area contributed by atoms with E-state index in [-0.39, 0.29) is 5.92 Å². The molecule has 0 heterocycles. The Balaban J connectivity index is 2.00. The first-order valence-electron chi connectivity index (χ1n) is 6.27. The van der Waals surface area contributed by atoms with Crippen LogP contribution in [0, 0.1) is 0 Å². The maximum absolute atomic E-state index is 11.3. The number of rotatable bonds is 1. The first kappa shape index (κ1) is 11.1. The standard InChI is InChI=1S/C16H11ClO2/c17-16-8-14(16)12-6-10-4-2-1-3-9(10)5-11(12)7-13(16)15(18)19/h1-7,14H,8H2,(H,18,19). The molecule has 94 valence electrons. The van der Waals surface area contributed by atoms with Crippen molar-refractivity contribution in [3.05, 3.63) is 53.1 Å². The summed E-state index contributed by atoms with van der Waals surface area (Å²) in [6, 6.07) is 12.3. The van der Waals surface area contributed by atoms with E-state index in [1.807, 2.05) is 18.2 Å². The van der Waals surface area contributed by atoms with Crippen molar-refractivity contribution >= 4 is 34.4 Å². The average molecular weight is 271 g/mol. The molecule has 1 N–H and O–H groups in total. The number of carboxylic acids is 1. The lowest BCUT2D eigenvalue weighted by atomic mass is 9.89. The molecule has 2 aromatic rings. The summed E-state index contributed by atoms with van der Waals surface area (Å²) < 4.78 is 0. The number of hydrogen-bond donors (Lipinski definition) is 1. The third-order valence-corrected chi connectivity index (χ3v) is 4.82. The summed E-state index contributed by atoms with van der Waals surface area (Å²) >= 11 is 6.44. The smallest absolute Gasteiger partial charge is 0.333 e. The molecule has 2 aliphatic carbocycles. The predicted octanol–water partition coefficient (Wildman–Crippen LogP) is 3.79. The Labute approximate surface area is 115 Å². The minimum Gasteiger partial charge on any atom is -0.478 e. The number of hydrogen-bond acceptors (Lipinski definition) is 1. The second-order valence-corrected chi connectivity index (χ2v) is 5.99. The first-order valence-corrected chi connectivity index (χ1v) is 6.64. The number of aliphatic carboxylic acids is 1. The van der Waals surface area contributed by atoms with Crippen molar-refractivity contribution in [1.82, 2.24) is 0 Å². The van der Waals surface area contributed by atoms with Gasteiger partial charge in [-0.25, -0.2) is 4.79 Å². The van der Waals surface area contributed by atoms with Crippen molar-refractivity contribution in [2.45, 2.75) is 17.2 Å². The van der Waals surface area contributed by atoms with Crippen LogP contribution in [0.15, 0.2) is 42.0 Å². The van der Waals surface area contributed by atoms with Crippen LogP contribution >= 0.6 is 11.6 Å². The summed E-state index contributed by atoms with van der Waals surface area (Å²) in [5.74, 6) is -0.763. The van der Waals surface area contributed by atoms with Gasteiger partial charge in [0.2, 0.25) is 0 Å². The second-order valence-electron chi connectivity index (χ2n) is 5.31. The molecule has 1 fully saturated rings. The molecule has 0 aliphatic heterocycles. The number of alkyl halides is 1. The van der Waals surface area contributed by atoms with Crippen LogP contribution in [0.25, 0.3) is 16.8 Å². The van der Waals surface area contributed by atoms with Gasteiger partial charge in [-0.2, -0.15) is 0 Å². The van der Waals surface area contributed by atoms with E-state index in [2.05, 4.69) is 18.2 Å². The Bertz CT molecular complexity index is 762. The Morgan fingerprint density at radius 2 is 1.95 bits per heavy atom. The van der Waals surface area contributed by atoms with E-state index in [4.69, 9.17) is 11.6 Å². The van der Waals surface area contributed by atoms with Crippen LogP contribution < -0.4 is 0 Å². The number of carbonyl (C=O) groups is 1. The SMILES string of the molecule is O=C(O)C1=Cc2cc3ccccc3cc2C2CC12Cl. The van der Waals surface area contributed by atoms with Crippen molar-refractivity contribution < 1.29 is 9.90 Å². The molecule has 1 saturated carbocycles. The fourth-order valence-corrected chi connectivity index (χ4v) is 3.52. The third-order valence-electron chi connectivity index (χ3n) is 4.20. The Hall–Kier alpha value is -1.80. The Kier molecular flexibility index (Phi) is 1.98. The molecular weight excluding hydrogens is 260 g/mol. The maximum atomic E-state index is 11.3. The lowest BCUT2D eigenvalue weighted by Crippen LogP contribution is -2.18. The average Bonchev–Trinajstić information content (AvgIpc) is 3.08. The molecular formula is C16H11ClO2. The van der Waals surface area contributed by atoms with Crippen LogP contribution in [-0.2, 0) is 4.79 Å².